The summed E-state index contributed by atoms with van der Waals surface area (Å²) in [5.74, 6) is 0. The van der Waals surface area contributed by atoms with Crippen molar-refractivity contribution in [1.29, 1.82) is 0 Å². The van der Waals surface area contributed by atoms with Crippen LogP contribution in [0.3, 0.4) is 0 Å². The molecule has 0 radical (unpaired) electrons. The first-order chi connectivity index (χ1) is 9.59. The molecule has 0 aromatic heterocycles. The zero-order valence-corrected chi connectivity index (χ0v) is 12.7. The van der Waals surface area contributed by atoms with Crippen LogP contribution < -0.4 is 0 Å². The van der Waals surface area contributed by atoms with Gasteiger partial charge < -0.3 is 4.74 Å². The third-order valence-corrected chi connectivity index (χ3v) is 6.16. The van der Waals surface area contributed by atoms with Crippen molar-refractivity contribution in [2.24, 2.45) is 0 Å². The number of hydrogen-bond acceptors (Lipinski definition) is 3. The Bertz CT molecular complexity index is 597. The van der Waals surface area contributed by atoms with E-state index in [2.05, 4.69) is 0 Å². The van der Waals surface area contributed by atoms with Gasteiger partial charge in [-0.3, -0.25) is 0 Å². The zero-order valence-electron chi connectivity index (χ0n) is 11.8. The number of benzene rings is 1. The normalized spacial score (nSPS) is 24.4. The molecule has 5 heteroatoms. The van der Waals surface area contributed by atoms with Crippen molar-refractivity contribution in [2.45, 2.75) is 50.2 Å². The van der Waals surface area contributed by atoms with E-state index in [0.717, 1.165) is 25.7 Å². The van der Waals surface area contributed by atoms with E-state index in [9.17, 15) is 8.42 Å². The van der Waals surface area contributed by atoms with Crippen molar-refractivity contribution in [3.63, 3.8) is 0 Å². The first-order valence-electron chi connectivity index (χ1n) is 7.34. The van der Waals surface area contributed by atoms with Crippen LogP contribution in [-0.4, -0.2) is 32.1 Å². The van der Waals surface area contributed by atoms with Crippen molar-refractivity contribution in [1.82, 2.24) is 4.31 Å². The van der Waals surface area contributed by atoms with Crippen LogP contribution >= 0.6 is 0 Å². The smallest absolute Gasteiger partial charge is 0.245 e. The molecular formula is C15H21NO3S. The van der Waals surface area contributed by atoms with Crippen molar-refractivity contribution in [3.8, 4) is 0 Å². The van der Waals surface area contributed by atoms with Gasteiger partial charge in [-0.15, -0.1) is 0 Å². The maximum absolute atomic E-state index is 12.7. The Morgan fingerprint density at radius 3 is 2.65 bits per heavy atom. The minimum Gasteiger partial charge on any atom is -0.362 e. The SMILES string of the molecule is CC1OCCCN1S(=O)(=O)c1ccc2c(c1)CCCC2. The van der Waals surface area contributed by atoms with Gasteiger partial charge in [-0.1, -0.05) is 6.07 Å². The van der Waals surface area contributed by atoms with Crippen LogP contribution in [0.4, 0.5) is 0 Å². The summed E-state index contributed by atoms with van der Waals surface area (Å²) in [6.45, 7) is 2.98. The number of aryl methyl sites for hydroxylation is 2. The standard InChI is InChI=1S/C15H21NO3S/c1-12-16(9-4-10-19-12)20(17,18)15-8-7-13-5-2-3-6-14(13)11-15/h7-8,11-12H,2-6,9-10H2,1H3. The Balaban J connectivity index is 1.94. The summed E-state index contributed by atoms with van der Waals surface area (Å²) < 4.78 is 32.4. The molecule has 0 N–H and O–H groups in total. The molecular weight excluding hydrogens is 274 g/mol. The number of ether oxygens (including phenoxy) is 1. The van der Waals surface area contributed by atoms with E-state index in [1.54, 1.807) is 13.0 Å². The highest BCUT2D eigenvalue weighted by atomic mass is 32.2. The molecule has 2 aliphatic rings. The molecule has 3 rings (SSSR count). The highest BCUT2D eigenvalue weighted by Crippen LogP contribution is 2.27. The molecule has 1 aromatic rings. The second-order valence-electron chi connectivity index (χ2n) is 5.58. The van der Waals surface area contributed by atoms with Crippen LogP contribution in [-0.2, 0) is 27.6 Å². The average molecular weight is 295 g/mol. The second-order valence-corrected chi connectivity index (χ2v) is 7.47. The van der Waals surface area contributed by atoms with E-state index in [1.165, 1.54) is 21.9 Å². The molecule has 1 aliphatic carbocycles. The van der Waals surface area contributed by atoms with E-state index in [4.69, 9.17) is 4.74 Å². The number of nitrogens with zero attached hydrogens (tertiary/aromatic N) is 1. The van der Waals surface area contributed by atoms with Crippen LogP contribution in [0.15, 0.2) is 23.1 Å². The molecule has 1 unspecified atom stereocenters. The van der Waals surface area contributed by atoms with E-state index in [0.29, 0.717) is 18.0 Å². The monoisotopic (exact) mass is 295 g/mol. The number of fused-ring (bicyclic) bond motifs is 1. The van der Waals surface area contributed by atoms with Gasteiger partial charge >= 0.3 is 0 Å². The fraction of sp³-hybridized carbons (Fsp3) is 0.600. The Labute approximate surface area is 120 Å². The Kier molecular flexibility index (Phi) is 3.84. The van der Waals surface area contributed by atoms with E-state index in [1.807, 2.05) is 12.1 Å². The molecule has 1 aliphatic heterocycles. The lowest BCUT2D eigenvalue weighted by molar-refractivity contribution is -0.0410. The zero-order chi connectivity index (χ0) is 14.2. The molecule has 1 aromatic carbocycles. The largest absolute Gasteiger partial charge is 0.362 e. The van der Waals surface area contributed by atoms with Gasteiger partial charge in [0.2, 0.25) is 10.0 Å². The molecule has 4 nitrogen and oxygen atoms in total. The lowest BCUT2D eigenvalue weighted by Crippen LogP contribution is -2.44. The third kappa shape index (κ3) is 2.50. The van der Waals surface area contributed by atoms with Crippen LogP contribution in [0.5, 0.6) is 0 Å². The summed E-state index contributed by atoms with van der Waals surface area (Å²) in [5.41, 5.74) is 2.50. The summed E-state index contributed by atoms with van der Waals surface area (Å²) in [7, 11) is -3.44. The first-order valence-corrected chi connectivity index (χ1v) is 8.78. The molecule has 0 spiro atoms. The quantitative estimate of drug-likeness (QED) is 0.841. The van der Waals surface area contributed by atoms with Gasteiger partial charge in [-0.05, 0) is 62.3 Å². The topological polar surface area (TPSA) is 46.6 Å². The van der Waals surface area contributed by atoms with Crippen molar-refractivity contribution >= 4 is 10.0 Å². The Hall–Kier alpha value is -0.910. The predicted molar refractivity (Wildman–Crippen MR) is 77.0 cm³/mol. The summed E-state index contributed by atoms with van der Waals surface area (Å²) in [6.07, 6.45) is 4.80. The molecule has 20 heavy (non-hydrogen) atoms. The number of rotatable bonds is 2. The highest BCUT2D eigenvalue weighted by molar-refractivity contribution is 7.89. The minimum atomic E-state index is -3.44. The summed E-state index contributed by atoms with van der Waals surface area (Å²) in [4.78, 5) is 0.413. The number of hydrogen-bond donors (Lipinski definition) is 0. The van der Waals surface area contributed by atoms with Gasteiger partial charge in [0.15, 0.2) is 0 Å². The van der Waals surface area contributed by atoms with Crippen LogP contribution in [0.25, 0.3) is 0 Å². The summed E-state index contributed by atoms with van der Waals surface area (Å²) in [5, 5.41) is 0. The second kappa shape index (κ2) is 5.47. The van der Waals surface area contributed by atoms with Gasteiger partial charge in [0.25, 0.3) is 0 Å². The van der Waals surface area contributed by atoms with Crippen molar-refractivity contribution in [2.75, 3.05) is 13.2 Å². The van der Waals surface area contributed by atoms with Crippen LogP contribution in [0, 0.1) is 0 Å². The summed E-state index contributed by atoms with van der Waals surface area (Å²) >= 11 is 0. The minimum absolute atomic E-state index is 0.371. The molecule has 110 valence electrons. The fourth-order valence-electron chi connectivity index (χ4n) is 3.06. The average Bonchev–Trinajstić information content (AvgIpc) is 2.47. The lowest BCUT2D eigenvalue weighted by atomic mass is 9.92. The fourth-order valence-corrected chi connectivity index (χ4v) is 4.68. The van der Waals surface area contributed by atoms with Crippen LogP contribution in [0.2, 0.25) is 0 Å². The number of sulfonamides is 1. The molecule has 1 fully saturated rings. The molecule has 1 heterocycles. The van der Waals surface area contributed by atoms with Gasteiger partial charge in [-0.2, -0.15) is 4.31 Å². The van der Waals surface area contributed by atoms with Gasteiger partial charge in [-0.25, -0.2) is 8.42 Å². The first kappa shape index (κ1) is 14.0. The van der Waals surface area contributed by atoms with Crippen molar-refractivity contribution in [3.05, 3.63) is 29.3 Å². The summed E-state index contributed by atoms with van der Waals surface area (Å²) in [6, 6.07) is 5.60. The van der Waals surface area contributed by atoms with Crippen molar-refractivity contribution < 1.29 is 13.2 Å². The van der Waals surface area contributed by atoms with Crippen LogP contribution in [0.1, 0.15) is 37.3 Å². The van der Waals surface area contributed by atoms with Gasteiger partial charge in [0.05, 0.1) is 4.90 Å². The Morgan fingerprint density at radius 1 is 1.15 bits per heavy atom. The van der Waals surface area contributed by atoms with Gasteiger partial charge in [0.1, 0.15) is 6.23 Å². The molecule has 0 amide bonds. The van der Waals surface area contributed by atoms with E-state index < -0.39 is 10.0 Å². The lowest BCUT2D eigenvalue weighted by Gasteiger charge is -2.32. The maximum atomic E-state index is 12.7. The molecule has 1 saturated heterocycles. The van der Waals surface area contributed by atoms with Gasteiger partial charge in [0, 0.05) is 13.2 Å². The van der Waals surface area contributed by atoms with E-state index >= 15 is 0 Å². The molecule has 0 bridgehead atoms. The third-order valence-electron chi connectivity index (χ3n) is 4.21. The Morgan fingerprint density at radius 2 is 1.90 bits per heavy atom. The highest BCUT2D eigenvalue weighted by Gasteiger charge is 2.32. The molecule has 1 atom stereocenters. The molecule has 0 saturated carbocycles. The predicted octanol–water partition coefficient (Wildman–Crippen LogP) is 2.32. The van der Waals surface area contributed by atoms with E-state index in [-0.39, 0.29) is 6.23 Å². The maximum Gasteiger partial charge on any atom is 0.245 e.